The van der Waals surface area contributed by atoms with Gasteiger partial charge in [-0.1, -0.05) is 19.4 Å². The first-order valence-corrected chi connectivity index (χ1v) is 13.9. The maximum atomic E-state index is 12.3. The van der Waals surface area contributed by atoms with Gasteiger partial charge in [0.05, 0.1) is 7.11 Å². The van der Waals surface area contributed by atoms with Crippen molar-refractivity contribution < 1.29 is 14.3 Å². The summed E-state index contributed by atoms with van der Waals surface area (Å²) in [5.41, 5.74) is 0.932. The highest BCUT2D eigenvalue weighted by Crippen LogP contribution is 2.29. The molecule has 0 unspecified atom stereocenters. The van der Waals surface area contributed by atoms with Gasteiger partial charge in [-0.2, -0.15) is 0 Å². The zero-order valence-corrected chi connectivity index (χ0v) is 21.8. The molecule has 4 rings (SSSR count). The van der Waals surface area contributed by atoms with Gasteiger partial charge in [0.15, 0.2) is 11.5 Å². The molecule has 6 nitrogen and oxygen atoms in total. The van der Waals surface area contributed by atoms with Crippen molar-refractivity contribution in [3.8, 4) is 11.5 Å². The van der Waals surface area contributed by atoms with Crippen LogP contribution >= 0.6 is 0 Å². The summed E-state index contributed by atoms with van der Waals surface area (Å²) < 4.78 is 11.7. The molecule has 0 aromatic heterocycles. The maximum absolute atomic E-state index is 12.3. The molecule has 0 atom stereocenters. The number of methoxy groups -OCH3 is 1. The number of carbonyl (C=O) groups is 1. The summed E-state index contributed by atoms with van der Waals surface area (Å²) in [7, 11) is 1.66. The first kappa shape index (κ1) is 26.0. The Morgan fingerprint density at radius 1 is 1.00 bits per heavy atom. The number of hydrogen-bond donors (Lipinski definition) is 1. The van der Waals surface area contributed by atoms with E-state index in [4.69, 9.17) is 9.47 Å². The van der Waals surface area contributed by atoms with Crippen molar-refractivity contribution in [1.29, 1.82) is 0 Å². The predicted molar refractivity (Wildman–Crippen MR) is 142 cm³/mol. The fourth-order valence-corrected chi connectivity index (χ4v) is 5.81. The van der Waals surface area contributed by atoms with Crippen molar-refractivity contribution in [2.24, 2.45) is 5.92 Å². The molecule has 2 saturated heterocycles. The number of ether oxygens (including phenoxy) is 2. The molecule has 1 amide bonds. The predicted octanol–water partition coefficient (Wildman–Crippen LogP) is 4.73. The monoisotopic (exact) mass is 483 g/mol. The van der Waals surface area contributed by atoms with E-state index in [1.165, 1.54) is 58.0 Å². The third kappa shape index (κ3) is 7.97. The smallest absolute Gasteiger partial charge is 0.244 e. The van der Waals surface area contributed by atoms with Crippen LogP contribution < -0.4 is 14.8 Å². The molecule has 1 aromatic carbocycles. The second-order valence-corrected chi connectivity index (χ2v) is 10.7. The summed E-state index contributed by atoms with van der Waals surface area (Å²) in [6, 6.07) is 6.95. The Morgan fingerprint density at radius 3 is 2.46 bits per heavy atom. The Morgan fingerprint density at radius 2 is 1.74 bits per heavy atom. The van der Waals surface area contributed by atoms with Gasteiger partial charge in [-0.05, 0) is 107 Å². The van der Waals surface area contributed by atoms with E-state index >= 15 is 0 Å². The molecule has 3 aliphatic rings. The van der Waals surface area contributed by atoms with Crippen molar-refractivity contribution in [3.63, 3.8) is 0 Å². The molecular weight excluding hydrogens is 438 g/mol. The van der Waals surface area contributed by atoms with E-state index in [0.29, 0.717) is 18.4 Å². The van der Waals surface area contributed by atoms with E-state index in [0.717, 1.165) is 55.7 Å². The van der Waals surface area contributed by atoms with Gasteiger partial charge in [0.25, 0.3) is 0 Å². The third-order valence-electron chi connectivity index (χ3n) is 8.11. The molecule has 35 heavy (non-hydrogen) atoms. The SMILES string of the molecule is COc1cc(C=CC(=O)N[C@H]2CC[C@H](C)CC2)ccc1OCCN1CCC(N2CCCCC2)CC1. The second-order valence-electron chi connectivity index (χ2n) is 10.7. The number of likely N-dealkylation sites (tertiary alicyclic amines) is 2. The zero-order chi connectivity index (χ0) is 24.5. The van der Waals surface area contributed by atoms with Gasteiger partial charge in [-0.15, -0.1) is 0 Å². The molecule has 2 aliphatic heterocycles. The Bertz CT molecular complexity index is 820. The molecular formula is C29H45N3O3. The molecule has 1 aliphatic carbocycles. The van der Waals surface area contributed by atoms with Gasteiger partial charge in [0.1, 0.15) is 6.61 Å². The minimum Gasteiger partial charge on any atom is -0.493 e. The van der Waals surface area contributed by atoms with E-state index in [9.17, 15) is 4.79 Å². The fraction of sp³-hybridized carbons (Fsp3) is 0.690. The van der Waals surface area contributed by atoms with Crippen molar-refractivity contribution in [1.82, 2.24) is 15.1 Å². The number of amides is 1. The van der Waals surface area contributed by atoms with E-state index in [1.807, 2.05) is 24.3 Å². The van der Waals surface area contributed by atoms with Gasteiger partial charge in [-0.25, -0.2) is 0 Å². The lowest BCUT2D eigenvalue weighted by atomic mass is 9.87. The number of rotatable bonds is 9. The van der Waals surface area contributed by atoms with Gasteiger partial charge >= 0.3 is 0 Å². The Labute approximate surface area is 212 Å². The molecule has 3 fully saturated rings. The second kappa shape index (κ2) is 13.3. The van der Waals surface area contributed by atoms with Gasteiger partial charge in [-0.3, -0.25) is 9.69 Å². The first-order valence-electron chi connectivity index (χ1n) is 13.9. The van der Waals surface area contributed by atoms with Gasteiger partial charge < -0.3 is 19.7 Å². The van der Waals surface area contributed by atoms with E-state index in [1.54, 1.807) is 13.2 Å². The number of carbonyl (C=O) groups excluding carboxylic acids is 1. The van der Waals surface area contributed by atoms with Crippen LogP contribution in [0, 0.1) is 5.92 Å². The van der Waals surface area contributed by atoms with Crippen LogP contribution in [0.4, 0.5) is 0 Å². The van der Waals surface area contributed by atoms with E-state index in [-0.39, 0.29) is 5.91 Å². The van der Waals surface area contributed by atoms with Crippen LogP contribution in [-0.4, -0.2) is 74.2 Å². The topological polar surface area (TPSA) is 54.0 Å². The maximum Gasteiger partial charge on any atom is 0.244 e. The Kier molecular flexibility index (Phi) is 9.90. The minimum atomic E-state index is -0.0205. The summed E-state index contributed by atoms with van der Waals surface area (Å²) in [5, 5.41) is 3.14. The number of hydrogen-bond acceptors (Lipinski definition) is 5. The van der Waals surface area contributed by atoms with Crippen molar-refractivity contribution in [3.05, 3.63) is 29.8 Å². The van der Waals surface area contributed by atoms with E-state index in [2.05, 4.69) is 22.0 Å². The van der Waals surface area contributed by atoms with Crippen molar-refractivity contribution in [2.45, 2.75) is 76.8 Å². The van der Waals surface area contributed by atoms with Crippen LogP contribution in [0.5, 0.6) is 11.5 Å². The normalized spacial score (nSPS) is 25.0. The van der Waals surface area contributed by atoms with Crippen LogP contribution in [0.15, 0.2) is 24.3 Å². The summed E-state index contributed by atoms with van der Waals surface area (Å²) in [5.74, 6) is 2.22. The average Bonchev–Trinajstić information content (AvgIpc) is 2.90. The number of piperidine rings is 2. The highest BCUT2D eigenvalue weighted by molar-refractivity contribution is 5.92. The van der Waals surface area contributed by atoms with Crippen LogP contribution in [0.2, 0.25) is 0 Å². The molecule has 0 radical (unpaired) electrons. The minimum absolute atomic E-state index is 0.0205. The summed E-state index contributed by atoms with van der Waals surface area (Å²) in [4.78, 5) is 17.6. The quantitative estimate of drug-likeness (QED) is 0.515. The highest BCUT2D eigenvalue weighted by Gasteiger charge is 2.25. The average molecular weight is 484 g/mol. The number of nitrogens with zero attached hydrogens (tertiary/aromatic N) is 2. The van der Waals surface area contributed by atoms with Gasteiger partial charge in [0.2, 0.25) is 5.91 Å². The molecule has 1 aromatic rings. The van der Waals surface area contributed by atoms with Crippen molar-refractivity contribution in [2.75, 3.05) is 46.4 Å². The van der Waals surface area contributed by atoms with Crippen LogP contribution in [-0.2, 0) is 4.79 Å². The van der Waals surface area contributed by atoms with Crippen LogP contribution in [0.25, 0.3) is 6.08 Å². The molecule has 6 heteroatoms. The molecule has 194 valence electrons. The summed E-state index contributed by atoms with van der Waals surface area (Å²) in [6.45, 7) is 8.80. The highest BCUT2D eigenvalue weighted by atomic mass is 16.5. The Hall–Kier alpha value is -2.05. The van der Waals surface area contributed by atoms with Crippen LogP contribution in [0.3, 0.4) is 0 Å². The lowest BCUT2D eigenvalue weighted by Gasteiger charge is -2.40. The number of benzene rings is 1. The van der Waals surface area contributed by atoms with Crippen LogP contribution in [0.1, 0.15) is 70.3 Å². The first-order chi connectivity index (χ1) is 17.1. The Balaban J connectivity index is 1.19. The standard InChI is InChI=1S/C29H45N3O3/c1-23-6-10-25(11-7-23)30-29(33)13-9-24-8-12-27(28(22-24)34-2)35-21-20-31-18-14-26(15-19-31)32-16-4-3-5-17-32/h8-9,12-13,22-23,25-26H,3-7,10-11,14-21H2,1-2H3,(H,30,33)/t23-,25-. The zero-order valence-electron chi connectivity index (χ0n) is 21.8. The number of nitrogens with one attached hydrogen (secondary N) is 1. The molecule has 1 saturated carbocycles. The largest absolute Gasteiger partial charge is 0.493 e. The summed E-state index contributed by atoms with van der Waals surface area (Å²) in [6.07, 6.45) is 14.7. The fourth-order valence-electron chi connectivity index (χ4n) is 5.81. The van der Waals surface area contributed by atoms with Crippen molar-refractivity contribution >= 4 is 12.0 Å². The molecule has 2 heterocycles. The molecule has 1 N–H and O–H groups in total. The van der Waals surface area contributed by atoms with E-state index < -0.39 is 0 Å². The third-order valence-corrected chi connectivity index (χ3v) is 8.11. The lowest BCUT2D eigenvalue weighted by molar-refractivity contribution is -0.117. The molecule has 0 bridgehead atoms. The van der Waals surface area contributed by atoms with Gasteiger partial charge in [0, 0.05) is 24.7 Å². The lowest BCUT2D eigenvalue weighted by Crippen LogP contribution is -2.47. The summed E-state index contributed by atoms with van der Waals surface area (Å²) >= 11 is 0. The molecule has 0 spiro atoms.